The number of nitrogens with one attached hydrogen (secondary N) is 1. The molecular formula is C13H15F2N5O3. The quantitative estimate of drug-likeness (QED) is 0.642. The maximum Gasteiger partial charge on any atom is 0.267 e. The molecule has 0 spiro atoms. The number of rotatable bonds is 2. The summed E-state index contributed by atoms with van der Waals surface area (Å²) in [7, 11) is 0. The van der Waals surface area contributed by atoms with Crippen LogP contribution in [0.1, 0.15) is 25.8 Å². The number of fused-ring (bicyclic) bond motifs is 1. The standard InChI is InChI=1S/C13H15F2N5O3/c1-4(2)11-19-5-10(16)17-3-18-12(5)20(11)13-7(22)6(21)8(23-13)9(14)15/h3,6-9,13,16,21-22H,1-2H3/t6-,7+,8-,13+/m0/s1. The highest BCUT2D eigenvalue weighted by Gasteiger charge is 2.48. The molecule has 8 nitrogen and oxygen atoms in total. The van der Waals surface area contributed by atoms with Crippen molar-refractivity contribution in [2.45, 2.75) is 44.8 Å². The molecule has 10 heteroatoms. The Bertz CT molecular complexity index is 799. The lowest BCUT2D eigenvalue weighted by atomic mass is 10.1. The van der Waals surface area contributed by atoms with Crippen LogP contribution in [-0.2, 0) is 4.74 Å². The third-order valence-electron chi connectivity index (χ3n) is 3.70. The molecule has 0 saturated carbocycles. The van der Waals surface area contributed by atoms with E-state index in [1.54, 1.807) is 13.8 Å². The molecule has 3 heterocycles. The first-order chi connectivity index (χ1) is 10.8. The second kappa shape index (κ2) is 5.55. The number of ether oxygens (including phenoxy) is 1. The summed E-state index contributed by atoms with van der Waals surface area (Å²) in [5.41, 5.74) is 1.36. The van der Waals surface area contributed by atoms with Crippen molar-refractivity contribution in [1.29, 1.82) is 5.41 Å². The number of halogens is 2. The minimum absolute atomic E-state index is 0.130. The molecule has 0 amide bonds. The maximum atomic E-state index is 12.9. The van der Waals surface area contributed by atoms with Crippen molar-refractivity contribution in [2.75, 3.05) is 0 Å². The van der Waals surface area contributed by atoms with Crippen molar-refractivity contribution >= 4 is 17.7 Å². The van der Waals surface area contributed by atoms with E-state index in [4.69, 9.17) is 10.1 Å². The molecule has 2 aliphatic rings. The molecule has 0 bridgehead atoms. The SMILES string of the molecule is CC(C)=c1nc2c(n1[C@@H]1O[C@H](C(F)F)[C@@H](O)[C@H]1O)=NC=NC2=N. The Kier molecular flexibility index (Phi) is 3.82. The van der Waals surface area contributed by atoms with Crippen LogP contribution in [0.3, 0.4) is 0 Å². The van der Waals surface area contributed by atoms with Gasteiger partial charge in [-0.25, -0.2) is 23.7 Å². The Hall–Kier alpha value is -2.04. The largest absolute Gasteiger partial charge is 0.387 e. The number of amidine groups is 1. The molecule has 23 heavy (non-hydrogen) atoms. The van der Waals surface area contributed by atoms with Crippen LogP contribution in [0, 0.1) is 5.41 Å². The molecule has 1 aromatic rings. The minimum Gasteiger partial charge on any atom is -0.387 e. The van der Waals surface area contributed by atoms with Gasteiger partial charge in [0.15, 0.2) is 23.2 Å². The summed E-state index contributed by atoms with van der Waals surface area (Å²) in [4.78, 5) is 12.0. The van der Waals surface area contributed by atoms with Gasteiger partial charge in [-0.05, 0) is 19.4 Å². The highest BCUT2D eigenvalue weighted by molar-refractivity contribution is 6.00. The van der Waals surface area contributed by atoms with Gasteiger partial charge in [0.25, 0.3) is 6.43 Å². The summed E-state index contributed by atoms with van der Waals surface area (Å²) in [6.07, 6.45) is -8.22. The summed E-state index contributed by atoms with van der Waals surface area (Å²) < 4.78 is 32.4. The van der Waals surface area contributed by atoms with Crippen LogP contribution in [0.2, 0.25) is 0 Å². The summed E-state index contributed by atoms with van der Waals surface area (Å²) in [5, 5.41) is 27.7. The number of aromatic nitrogens is 2. The first-order valence-corrected chi connectivity index (χ1v) is 6.87. The van der Waals surface area contributed by atoms with E-state index in [1.165, 1.54) is 4.57 Å². The maximum absolute atomic E-state index is 12.9. The fourth-order valence-corrected chi connectivity index (χ4v) is 2.61. The van der Waals surface area contributed by atoms with Gasteiger partial charge in [-0.15, -0.1) is 0 Å². The Labute approximate surface area is 129 Å². The van der Waals surface area contributed by atoms with Crippen molar-refractivity contribution in [1.82, 2.24) is 9.55 Å². The number of aliphatic hydroxyl groups excluding tert-OH is 2. The molecule has 4 atom stereocenters. The predicted molar refractivity (Wildman–Crippen MR) is 75.0 cm³/mol. The number of nitrogens with zero attached hydrogens (tertiary/aromatic N) is 4. The Balaban J connectivity index is 2.20. The second-order valence-electron chi connectivity index (χ2n) is 5.51. The van der Waals surface area contributed by atoms with Gasteiger partial charge in [0, 0.05) is 0 Å². The third kappa shape index (κ3) is 2.38. The van der Waals surface area contributed by atoms with Crippen LogP contribution in [0.25, 0.3) is 5.57 Å². The molecule has 1 fully saturated rings. The molecule has 3 rings (SSSR count). The molecule has 0 unspecified atom stereocenters. The van der Waals surface area contributed by atoms with Crippen molar-refractivity contribution in [3.63, 3.8) is 0 Å². The Morgan fingerprint density at radius 3 is 2.61 bits per heavy atom. The van der Waals surface area contributed by atoms with Gasteiger partial charge in [0.1, 0.15) is 30.1 Å². The van der Waals surface area contributed by atoms with E-state index in [2.05, 4.69) is 15.0 Å². The topological polar surface area (TPSA) is 116 Å². The van der Waals surface area contributed by atoms with E-state index >= 15 is 0 Å². The van der Waals surface area contributed by atoms with E-state index in [9.17, 15) is 19.0 Å². The number of alkyl halides is 2. The fourth-order valence-electron chi connectivity index (χ4n) is 2.61. The van der Waals surface area contributed by atoms with Crippen LogP contribution < -0.4 is 11.0 Å². The molecule has 2 aliphatic heterocycles. The summed E-state index contributed by atoms with van der Waals surface area (Å²) in [6, 6.07) is 0. The Morgan fingerprint density at radius 1 is 1.35 bits per heavy atom. The van der Waals surface area contributed by atoms with Crippen LogP contribution in [0.4, 0.5) is 8.78 Å². The van der Waals surface area contributed by atoms with Gasteiger partial charge < -0.3 is 14.9 Å². The molecule has 0 radical (unpaired) electrons. The summed E-state index contributed by atoms with van der Waals surface area (Å²) in [6.45, 7) is 3.47. The van der Waals surface area contributed by atoms with Gasteiger partial charge in [0.2, 0.25) is 0 Å². The van der Waals surface area contributed by atoms with Gasteiger partial charge in [-0.1, -0.05) is 0 Å². The number of aliphatic imine (C=N–C) groups is 1. The normalized spacial score (nSPS) is 29.8. The highest BCUT2D eigenvalue weighted by Crippen LogP contribution is 2.31. The first kappa shape index (κ1) is 15.8. The zero-order valence-electron chi connectivity index (χ0n) is 12.3. The Morgan fingerprint density at radius 2 is 2.04 bits per heavy atom. The lowest BCUT2D eigenvalue weighted by Crippen LogP contribution is -2.40. The van der Waals surface area contributed by atoms with Crippen molar-refractivity contribution in [3.8, 4) is 0 Å². The molecule has 0 aromatic carbocycles. The average molecular weight is 327 g/mol. The zero-order valence-corrected chi connectivity index (χ0v) is 12.3. The number of hydrogen-bond donors (Lipinski definition) is 3. The summed E-state index contributed by atoms with van der Waals surface area (Å²) in [5.74, 6) is -0.130. The van der Waals surface area contributed by atoms with E-state index in [0.717, 1.165) is 6.34 Å². The first-order valence-electron chi connectivity index (χ1n) is 6.87. The molecule has 1 saturated heterocycles. The predicted octanol–water partition coefficient (Wildman–Crippen LogP) is -1.06. The minimum atomic E-state index is -2.95. The van der Waals surface area contributed by atoms with E-state index < -0.39 is 31.0 Å². The fraction of sp³-hybridized carbons (Fsp3) is 0.538. The lowest BCUT2D eigenvalue weighted by molar-refractivity contribution is -0.0994. The number of hydrogen-bond acceptors (Lipinski definition) is 6. The molecule has 3 N–H and O–H groups in total. The van der Waals surface area contributed by atoms with Crippen LogP contribution >= 0.6 is 0 Å². The number of imidazole rings is 1. The molecule has 0 aliphatic carbocycles. The van der Waals surface area contributed by atoms with E-state index in [-0.39, 0.29) is 17.0 Å². The van der Waals surface area contributed by atoms with E-state index in [0.29, 0.717) is 11.1 Å². The number of aliphatic hydroxyl groups is 2. The average Bonchev–Trinajstić information content (AvgIpc) is 3.00. The van der Waals surface area contributed by atoms with Gasteiger partial charge in [-0.3, -0.25) is 9.98 Å². The lowest BCUT2D eigenvalue weighted by Gasteiger charge is -2.17. The van der Waals surface area contributed by atoms with Crippen molar-refractivity contribution in [3.05, 3.63) is 16.7 Å². The smallest absolute Gasteiger partial charge is 0.267 e. The third-order valence-corrected chi connectivity index (χ3v) is 3.70. The van der Waals surface area contributed by atoms with Crippen LogP contribution in [0.5, 0.6) is 0 Å². The molecule has 1 aromatic heterocycles. The second-order valence-corrected chi connectivity index (χ2v) is 5.51. The van der Waals surface area contributed by atoms with Gasteiger partial charge >= 0.3 is 0 Å². The molecular weight excluding hydrogens is 312 g/mol. The molecule has 124 valence electrons. The van der Waals surface area contributed by atoms with Crippen molar-refractivity contribution in [2.24, 2.45) is 9.98 Å². The van der Waals surface area contributed by atoms with Crippen molar-refractivity contribution < 1.29 is 23.7 Å². The van der Waals surface area contributed by atoms with Gasteiger partial charge in [-0.2, -0.15) is 0 Å². The van der Waals surface area contributed by atoms with Crippen LogP contribution in [-0.4, -0.2) is 56.7 Å². The summed E-state index contributed by atoms with van der Waals surface area (Å²) >= 11 is 0. The van der Waals surface area contributed by atoms with Crippen LogP contribution in [0.15, 0.2) is 9.98 Å². The highest BCUT2D eigenvalue weighted by atomic mass is 19.3. The monoisotopic (exact) mass is 327 g/mol. The zero-order chi connectivity index (χ0) is 16.9. The van der Waals surface area contributed by atoms with E-state index in [1.807, 2.05) is 0 Å². The van der Waals surface area contributed by atoms with Gasteiger partial charge in [0.05, 0.1) is 0 Å².